The number of methoxy groups -OCH3 is 1. The van der Waals surface area contributed by atoms with E-state index in [4.69, 9.17) is 18.9 Å². The summed E-state index contributed by atoms with van der Waals surface area (Å²) in [5, 5.41) is 0. The molecule has 0 heterocycles. The van der Waals surface area contributed by atoms with Gasteiger partial charge in [-0.05, 0) is 12.8 Å². The molecular weight excluding hydrogens is 260 g/mol. The molecule has 0 saturated heterocycles. The van der Waals surface area contributed by atoms with E-state index < -0.39 is 12.1 Å². The third-order valence-electron chi connectivity index (χ3n) is 2.65. The van der Waals surface area contributed by atoms with Crippen molar-refractivity contribution in [3.8, 4) is 0 Å². The van der Waals surface area contributed by atoms with E-state index in [0.717, 1.165) is 18.9 Å². The van der Waals surface area contributed by atoms with Crippen molar-refractivity contribution in [2.45, 2.75) is 38.4 Å². The fourth-order valence-electron chi connectivity index (χ4n) is 1.55. The summed E-state index contributed by atoms with van der Waals surface area (Å²) in [5.41, 5.74) is 0. The zero-order chi connectivity index (χ0) is 15.2. The highest BCUT2D eigenvalue weighted by Crippen LogP contribution is 2.14. The molecule has 0 saturated carbocycles. The molecule has 2 atom stereocenters. The SMILES string of the molecule is C=CC(=O)O[C@@H](CCCC)[C@H](C=C)OCOCCOC. The first kappa shape index (κ1) is 18.8. The van der Waals surface area contributed by atoms with Crippen molar-refractivity contribution in [3.63, 3.8) is 0 Å². The summed E-state index contributed by atoms with van der Waals surface area (Å²) >= 11 is 0. The van der Waals surface area contributed by atoms with Crippen LogP contribution in [0.3, 0.4) is 0 Å². The van der Waals surface area contributed by atoms with Gasteiger partial charge in [0.15, 0.2) is 0 Å². The van der Waals surface area contributed by atoms with E-state index in [0.29, 0.717) is 19.6 Å². The average Bonchev–Trinajstić information content (AvgIpc) is 2.47. The second kappa shape index (κ2) is 12.8. The first-order valence-corrected chi connectivity index (χ1v) is 6.83. The molecule has 0 amide bonds. The molecule has 5 nitrogen and oxygen atoms in total. The lowest BCUT2D eigenvalue weighted by Crippen LogP contribution is -2.32. The van der Waals surface area contributed by atoms with Gasteiger partial charge in [-0.15, -0.1) is 6.58 Å². The number of carbonyl (C=O) groups excluding carboxylic acids is 1. The predicted octanol–water partition coefficient (Wildman–Crippen LogP) is 2.47. The fourth-order valence-corrected chi connectivity index (χ4v) is 1.55. The molecule has 0 aliphatic carbocycles. The lowest BCUT2D eigenvalue weighted by Gasteiger charge is -2.24. The van der Waals surface area contributed by atoms with Crippen molar-refractivity contribution in [3.05, 3.63) is 25.3 Å². The standard InChI is InChI=1S/C15H26O5/c1-5-8-9-14(20-15(16)7-3)13(6-2)19-12-18-11-10-17-4/h6-7,13-14H,2-3,5,8-12H2,1,4H3/t13-,14-/m0/s1. The van der Waals surface area contributed by atoms with Crippen LogP contribution < -0.4 is 0 Å². The number of rotatable bonds is 13. The molecule has 0 N–H and O–H groups in total. The second-order valence-corrected chi connectivity index (χ2v) is 4.21. The summed E-state index contributed by atoms with van der Waals surface area (Å²) in [6.07, 6.45) is 4.66. The van der Waals surface area contributed by atoms with Crippen molar-refractivity contribution < 1.29 is 23.7 Å². The first-order valence-electron chi connectivity index (χ1n) is 6.83. The minimum absolute atomic E-state index is 0.105. The number of unbranched alkanes of at least 4 members (excludes halogenated alkanes) is 1. The molecule has 0 aromatic rings. The Morgan fingerprint density at radius 3 is 2.60 bits per heavy atom. The molecule has 0 spiro atoms. The van der Waals surface area contributed by atoms with Gasteiger partial charge in [0.05, 0.1) is 13.2 Å². The number of hydrogen-bond acceptors (Lipinski definition) is 5. The zero-order valence-electron chi connectivity index (χ0n) is 12.5. The maximum Gasteiger partial charge on any atom is 0.330 e. The minimum atomic E-state index is -0.457. The summed E-state index contributed by atoms with van der Waals surface area (Å²) in [5.74, 6) is -0.457. The number of esters is 1. The molecule has 0 radical (unpaired) electrons. The molecule has 0 rings (SSSR count). The summed E-state index contributed by atoms with van der Waals surface area (Å²) in [4.78, 5) is 11.3. The van der Waals surface area contributed by atoms with Crippen molar-refractivity contribution in [1.82, 2.24) is 0 Å². The molecule has 0 aliphatic rings. The van der Waals surface area contributed by atoms with Crippen molar-refractivity contribution in [1.29, 1.82) is 0 Å². The van der Waals surface area contributed by atoms with Gasteiger partial charge in [-0.25, -0.2) is 4.79 Å². The largest absolute Gasteiger partial charge is 0.456 e. The Bertz CT molecular complexity index is 277. The Hall–Kier alpha value is -1.17. The van der Waals surface area contributed by atoms with E-state index in [1.165, 1.54) is 0 Å². The quantitative estimate of drug-likeness (QED) is 0.171. The third kappa shape index (κ3) is 8.85. The van der Waals surface area contributed by atoms with Crippen molar-refractivity contribution >= 4 is 5.97 Å². The van der Waals surface area contributed by atoms with Crippen LogP contribution in [0.2, 0.25) is 0 Å². The molecule has 20 heavy (non-hydrogen) atoms. The molecule has 0 bridgehead atoms. The predicted molar refractivity (Wildman–Crippen MR) is 77.4 cm³/mol. The summed E-state index contributed by atoms with van der Waals surface area (Å²) in [6.45, 7) is 10.2. The van der Waals surface area contributed by atoms with E-state index >= 15 is 0 Å². The summed E-state index contributed by atoms with van der Waals surface area (Å²) in [6, 6.07) is 0. The molecule has 0 fully saturated rings. The fraction of sp³-hybridized carbons (Fsp3) is 0.667. The molecule has 0 aromatic heterocycles. The topological polar surface area (TPSA) is 54.0 Å². The molecule has 0 aliphatic heterocycles. The first-order chi connectivity index (χ1) is 9.69. The Labute approximate surface area is 121 Å². The highest BCUT2D eigenvalue weighted by atomic mass is 16.7. The number of hydrogen-bond donors (Lipinski definition) is 0. The van der Waals surface area contributed by atoms with Gasteiger partial charge in [-0.1, -0.05) is 26.0 Å². The lowest BCUT2D eigenvalue weighted by atomic mass is 10.1. The summed E-state index contributed by atoms with van der Waals surface area (Å²) < 4.78 is 20.9. The maximum atomic E-state index is 11.3. The van der Waals surface area contributed by atoms with Gasteiger partial charge in [-0.3, -0.25) is 0 Å². The van der Waals surface area contributed by atoms with Crippen LogP contribution in [0.1, 0.15) is 26.2 Å². The molecule has 5 heteroatoms. The van der Waals surface area contributed by atoms with E-state index in [1.807, 2.05) is 0 Å². The van der Waals surface area contributed by atoms with Gasteiger partial charge in [0.2, 0.25) is 0 Å². The highest BCUT2D eigenvalue weighted by Gasteiger charge is 2.22. The van der Waals surface area contributed by atoms with Crippen LogP contribution in [0.25, 0.3) is 0 Å². The Morgan fingerprint density at radius 2 is 2.05 bits per heavy atom. The van der Waals surface area contributed by atoms with Gasteiger partial charge in [-0.2, -0.15) is 0 Å². The maximum absolute atomic E-state index is 11.3. The van der Waals surface area contributed by atoms with E-state index in [9.17, 15) is 4.79 Å². The van der Waals surface area contributed by atoms with E-state index in [-0.39, 0.29) is 12.9 Å². The minimum Gasteiger partial charge on any atom is -0.456 e. The number of carbonyl (C=O) groups is 1. The zero-order valence-corrected chi connectivity index (χ0v) is 12.5. The molecule has 0 aromatic carbocycles. The summed E-state index contributed by atoms with van der Waals surface area (Å²) in [7, 11) is 1.60. The molecule has 116 valence electrons. The average molecular weight is 286 g/mol. The monoisotopic (exact) mass is 286 g/mol. The van der Waals surface area contributed by atoms with E-state index in [2.05, 4.69) is 20.1 Å². The van der Waals surface area contributed by atoms with Gasteiger partial charge in [0, 0.05) is 13.2 Å². The van der Waals surface area contributed by atoms with Crippen LogP contribution in [0.5, 0.6) is 0 Å². The van der Waals surface area contributed by atoms with Gasteiger partial charge in [0.25, 0.3) is 0 Å². The van der Waals surface area contributed by atoms with Gasteiger partial charge >= 0.3 is 5.97 Å². The van der Waals surface area contributed by atoms with Gasteiger partial charge < -0.3 is 18.9 Å². The third-order valence-corrected chi connectivity index (χ3v) is 2.65. The molecule has 0 unspecified atom stereocenters. The highest BCUT2D eigenvalue weighted by molar-refractivity contribution is 5.81. The smallest absolute Gasteiger partial charge is 0.330 e. The Morgan fingerprint density at radius 1 is 1.30 bits per heavy atom. The van der Waals surface area contributed by atoms with Crippen molar-refractivity contribution in [2.24, 2.45) is 0 Å². The Kier molecular flexibility index (Phi) is 12.1. The van der Waals surface area contributed by atoms with E-state index in [1.54, 1.807) is 13.2 Å². The van der Waals surface area contributed by atoms with Crippen LogP contribution in [-0.2, 0) is 23.7 Å². The van der Waals surface area contributed by atoms with Crippen LogP contribution in [0.15, 0.2) is 25.3 Å². The van der Waals surface area contributed by atoms with Crippen LogP contribution in [-0.4, -0.2) is 45.3 Å². The lowest BCUT2D eigenvalue weighted by molar-refractivity contribution is -0.158. The normalized spacial score (nSPS) is 13.5. The van der Waals surface area contributed by atoms with Crippen LogP contribution >= 0.6 is 0 Å². The van der Waals surface area contributed by atoms with Crippen LogP contribution in [0.4, 0.5) is 0 Å². The van der Waals surface area contributed by atoms with Crippen LogP contribution in [0, 0.1) is 0 Å². The Balaban J connectivity index is 4.28. The van der Waals surface area contributed by atoms with Crippen molar-refractivity contribution in [2.75, 3.05) is 27.1 Å². The second-order valence-electron chi connectivity index (χ2n) is 4.21. The molecular formula is C15H26O5. The van der Waals surface area contributed by atoms with Gasteiger partial charge in [0.1, 0.15) is 19.0 Å². The number of ether oxygens (including phenoxy) is 4.